The first-order valence-corrected chi connectivity index (χ1v) is 5.90. The van der Waals surface area contributed by atoms with E-state index in [1.807, 2.05) is 14.0 Å². The van der Waals surface area contributed by atoms with Gasteiger partial charge in [0.2, 0.25) is 5.89 Å². The van der Waals surface area contributed by atoms with Crippen molar-refractivity contribution in [2.24, 2.45) is 0 Å². The smallest absolute Gasteiger partial charge is 0.315 e. The Kier molecular flexibility index (Phi) is 4.75. The van der Waals surface area contributed by atoms with Gasteiger partial charge in [-0.15, -0.1) is 5.10 Å². The molecule has 0 aliphatic heterocycles. The minimum absolute atomic E-state index is 0.0959. The molecule has 0 radical (unpaired) electrons. The Morgan fingerprint density at radius 3 is 2.93 bits per heavy atom. The molecule has 1 aromatic heterocycles. The molecule has 2 N–H and O–H groups in total. The van der Waals surface area contributed by atoms with Crippen LogP contribution >= 0.6 is 11.8 Å². The molecule has 14 heavy (non-hydrogen) atoms. The SMILES string of the molecule is CNC(C)c1nnc(NCCSC)o1. The third-order valence-corrected chi connectivity index (χ3v) is 2.44. The third kappa shape index (κ3) is 3.19. The van der Waals surface area contributed by atoms with Crippen molar-refractivity contribution in [1.29, 1.82) is 0 Å². The molecule has 0 saturated carbocycles. The predicted octanol–water partition coefficient (Wildman–Crippen LogP) is 1.12. The minimum Gasteiger partial charge on any atom is -0.406 e. The van der Waals surface area contributed by atoms with Crippen LogP contribution in [-0.4, -0.2) is 35.8 Å². The summed E-state index contributed by atoms with van der Waals surface area (Å²) in [5, 5.41) is 13.9. The molecular weight excluding hydrogens is 200 g/mol. The molecule has 0 saturated heterocycles. The Balaban J connectivity index is 2.42. The maximum atomic E-state index is 5.38. The third-order valence-electron chi connectivity index (χ3n) is 1.83. The van der Waals surface area contributed by atoms with Crippen LogP contribution in [0.1, 0.15) is 18.9 Å². The topological polar surface area (TPSA) is 63.0 Å². The Labute approximate surface area is 88.0 Å². The van der Waals surface area contributed by atoms with Gasteiger partial charge in [0, 0.05) is 12.3 Å². The molecule has 6 heteroatoms. The van der Waals surface area contributed by atoms with Crippen molar-refractivity contribution in [3.63, 3.8) is 0 Å². The number of thioether (sulfide) groups is 1. The van der Waals surface area contributed by atoms with E-state index in [1.165, 1.54) is 0 Å². The van der Waals surface area contributed by atoms with Gasteiger partial charge in [-0.2, -0.15) is 11.8 Å². The van der Waals surface area contributed by atoms with Crippen LogP contribution in [0.25, 0.3) is 0 Å². The maximum absolute atomic E-state index is 5.38. The van der Waals surface area contributed by atoms with Crippen LogP contribution in [0.3, 0.4) is 0 Å². The number of nitrogens with one attached hydrogen (secondary N) is 2. The van der Waals surface area contributed by atoms with Crippen molar-refractivity contribution >= 4 is 17.8 Å². The molecule has 1 unspecified atom stereocenters. The van der Waals surface area contributed by atoms with E-state index in [2.05, 4.69) is 27.1 Å². The van der Waals surface area contributed by atoms with E-state index in [9.17, 15) is 0 Å². The fourth-order valence-electron chi connectivity index (χ4n) is 0.864. The second-order valence-corrected chi connectivity index (χ2v) is 3.86. The lowest BCUT2D eigenvalue weighted by atomic mass is 10.3. The molecule has 5 nitrogen and oxygen atoms in total. The van der Waals surface area contributed by atoms with E-state index in [1.54, 1.807) is 11.8 Å². The maximum Gasteiger partial charge on any atom is 0.315 e. The molecule has 0 spiro atoms. The largest absolute Gasteiger partial charge is 0.406 e. The van der Waals surface area contributed by atoms with Crippen molar-refractivity contribution in [2.75, 3.05) is 30.9 Å². The molecular formula is C8H16N4OS. The number of nitrogens with zero attached hydrogens (tertiary/aromatic N) is 2. The summed E-state index contributed by atoms with van der Waals surface area (Å²) in [6.07, 6.45) is 2.06. The Bertz CT molecular complexity index is 266. The standard InChI is InChI=1S/C8H16N4OS/c1-6(9-2)7-11-12-8(13-7)10-4-5-14-3/h6,9H,4-5H2,1-3H3,(H,10,12). The van der Waals surface area contributed by atoms with Crippen LogP contribution < -0.4 is 10.6 Å². The number of hydrogen-bond acceptors (Lipinski definition) is 6. The lowest BCUT2D eigenvalue weighted by Gasteiger charge is -2.02. The Morgan fingerprint density at radius 1 is 1.50 bits per heavy atom. The first-order chi connectivity index (χ1) is 6.77. The monoisotopic (exact) mass is 216 g/mol. The van der Waals surface area contributed by atoms with Gasteiger partial charge in [-0.25, -0.2) is 0 Å². The molecule has 1 heterocycles. The number of hydrogen-bond donors (Lipinski definition) is 2. The first kappa shape index (κ1) is 11.3. The summed E-state index contributed by atoms with van der Waals surface area (Å²) in [5.74, 6) is 1.64. The van der Waals surface area contributed by atoms with Gasteiger partial charge in [-0.3, -0.25) is 0 Å². The van der Waals surface area contributed by atoms with Gasteiger partial charge in [-0.1, -0.05) is 5.10 Å². The van der Waals surface area contributed by atoms with Crippen LogP contribution in [-0.2, 0) is 0 Å². The summed E-state index contributed by atoms with van der Waals surface area (Å²) >= 11 is 1.77. The number of rotatable bonds is 6. The van der Waals surface area contributed by atoms with E-state index in [0.29, 0.717) is 11.9 Å². The zero-order valence-electron chi connectivity index (χ0n) is 8.70. The molecule has 1 rings (SSSR count). The first-order valence-electron chi connectivity index (χ1n) is 4.51. The van der Waals surface area contributed by atoms with Gasteiger partial charge in [0.05, 0.1) is 6.04 Å². The van der Waals surface area contributed by atoms with E-state index in [-0.39, 0.29) is 6.04 Å². The van der Waals surface area contributed by atoms with Crippen LogP contribution in [0.15, 0.2) is 4.42 Å². The summed E-state index contributed by atoms with van der Waals surface area (Å²) in [6, 6.07) is 0.592. The second kappa shape index (κ2) is 5.87. The van der Waals surface area contributed by atoms with Crippen LogP contribution in [0.4, 0.5) is 6.01 Å². The van der Waals surface area contributed by atoms with E-state index < -0.39 is 0 Å². The summed E-state index contributed by atoms with van der Waals surface area (Å²) in [5.41, 5.74) is 0. The zero-order chi connectivity index (χ0) is 10.4. The fourth-order valence-corrected chi connectivity index (χ4v) is 1.17. The molecule has 80 valence electrons. The predicted molar refractivity (Wildman–Crippen MR) is 58.6 cm³/mol. The molecule has 0 aliphatic carbocycles. The summed E-state index contributed by atoms with van der Waals surface area (Å²) in [6.45, 7) is 2.82. The van der Waals surface area contributed by atoms with Crippen LogP contribution in [0.2, 0.25) is 0 Å². The summed E-state index contributed by atoms with van der Waals surface area (Å²) in [4.78, 5) is 0. The van der Waals surface area contributed by atoms with Crippen molar-refractivity contribution in [1.82, 2.24) is 15.5 Å². The molecule has 0 amide bonds. The van der Waals surface area contributed by atoms with E-state index in [4.69, 9.17) is 4.42 Å². The van der Waals surface area contributed by atoms with Gasteiger partial charge in [0.15, 0.2) is 0 Å². The van der Waals surface area contributed by atoms with Gasteiger partial charge in [0.25, 0.3) is 0 Å². The van der Waals surface area contributed by atoms with Gasteiger partial charge in [0.1, 0.15) is 0 Å². The van der Waals surface area contributed by atoms with Crippen molar-refractivity contribution < 1.29 is 4.42 Å². The minimum atomic E-state index is 0.0959. The normalized spacial score (nSPS) is 12.8. The lowest BCUT2D eigenvalue weighted by Crippen LogP contribution is -2.12. The van der Waals surface area contributed by atoms with Gasteiger partial charge in [-0.05, 0) is 20.2 Å². The van der Waals surface area contributed by atoms with Crippen LogP contribution in [0.5, 0.6) is 0 Å². The average Bonchev–Trinajstić information content (AvgIpc) is 2.66. The quantitative estimate of drug-likeness (QED) is 0.695. The van der Waals surface area contributed by atoms with E-state index >= 15 is 0 Å². The Morgan fingerprint density at radius 2 is 2.29 bits per heavy atom. The van der Waals surface area contributed by atoms with E-state index in [0.717, 1.165) is 12.3 Å². The molecule has 0 fully saturated rings. The lowest BCUT2D eigenvalue weighted by molar-refractivity contribution is 0.441. The zero-order valence-corrected chi connectivity index (χ0v) is 9.52. The second-order valence-electron chi connectivity index (χ2n) is 2.88. The molecule has 0 bridgehead atoms. The highest BCUT2D eigenvalue weighted by Crippen LogP contribution is 2.12. The average molecular weight is 216 g/mol. The molecule has 1 atom stereocenters. The highest BCUT2D eigenvalue weighted by atomic mass is 32.2. The van der Waals surface area contributed by atoms with Gasteiger partial charge < -0.3 is 15.1 Å². The van der Waals surface area contributed by atoms with Crippen molar-refractivity contribution in [3.05, 3.63) is 5.89 Å². The summed E-state index contributed by atoms with van der Waals surface area (Å²) < 4.78 is 5.38. The molecule has 1 aromatic rings. The number of aromatic nitrogens is 2. The Hall–Kier alpha value is -0.750. The fraction of sp³-hybridized carbons (Fsp3) is 0.750. The van der Waals surface area contributed by atoms with Crippen LogP contribution in [0, 0.1) is 0 Å². The highest BCUT2D eigenvalue weighted by molar-refractivity contribution is 7.98. The number of anilines is 1. The summed E-state index contributed by atoms with van der Waals surface area (Å²) in [7, 11) is 1.86. The molecule has 0 aliphatic rings. The van der Waals surface area contributed by atoms with Gasteiger partial charge >= 0.3 is 6.01 Å². The molecule has 0 aromatic carbocycles. The van der Waals surface area contributed by atoms with Crippen molar-refractivity contribution in [3.8, 4) is 0 Å². The van der Waals surface area contributed by atoms with Crippen molar-refractivity contribution in [2.45, 2.75) is 13.0 Å². The highest BCUT2D eigenvalue weighted by Gasteiger charge is 2.10.